The summed E-state index contributed by atoms with van der Waals surface area (Å²) in [5.74, 6) is -0.348. The van der Waals surface area contributed by atoms with Crippen molar-refractivity contribution in [2.24, 2.45) is 0 Å². The molecule has 1 amide bonds. The maximum absolute atomic E-state index is 12.0. The molecule has 204 valence electrons. The van der Waals surface area contributed by atoms with E-state index in [1.165, 1.54) is 26.4 Å². The molecule has 8 heteroatoms. The minimum absolute atomic E-state index is 0.0438. The minimum atomic E-state index is -0.372. The lowest BCUT2D eigenvalue weighted by molar-refractivity contribution is -0.148. The average molecular weight is 618 g/mol. The Balaban J connectivity index is 2.03. The number of allylic oxidation sites excluding steroid dienone is 1. The number of esters is 1. The molecular weight excluding hydrogens is 573 g/mol. The van der Waals surface area contributed by atoms with Crippen LogP contribution >= 0.6 is 22.6 Å². The Morgan fingerprint density at radius 3 is 2.53 bits per heavy atom. The third-order valence-corrected chi connectivity index (χ3v) is 6.91. The third-order valence-electron chi connectivity index (χ3n) is 5.91. The zero-order chi connectivity index (χ0) is 26.6. The fourth-order valence-electron chi connectivity index (χ4n) is 3.70. The van der Waals surface area contributed by atoms with Crippen LogP contribution in [0.1, 0.15) is 96.0 Å². The van der Waals surface area contributed by atoms with E-state index < -0.39 is 0 Å². The van der Waals surface area contributed by atoms with Crippen LogP contribution in [0.25, 0.3) is 0 Å². The minimum Gasteiger partial charge on any atom is -0.504 e. The van der Waals surface area contributed by atoms with Gasteiger partial charge in [-0.2, -0.15) is 0 Å². The number of rotatable bonds is 20. The van der Waals surface area contributed by atoms with E-state index in [0.717, 1.165) is 66.9 Å². The second kappa shape index (κ2) is 20.3. The number of carbonyl (C=O) groups is 2. The molecule has 0 radical (unpaired) electrons. The predicted molar refractivity (Wildman–Crippen MR) is 151 cm³/mol. The molecule has 0 aliphatic heterocycles. The fourth-order valence-corrected chi connectivity index (χ4v) is 4.35. The summed E-state index contributed by atoms with van der Waals surface area (Å²) in [5, 5.41) is 22.4. The second-order valence-corrected chi connectivity index (χ2v) is 10.2. The highest BCUT2D eigenvalue weighted by Gasteiger charge is 2.11. The van der Waals surface area contributed by atoms with Gasteiger partial charge in [0.2, 0.25) is 0 Å². The van der Waals surface area contributed by atoms with Gasteiger partial charge in [0.15, 0.2) is 18.1 Å². The third kappa shape index (κ3) is 15.3. The average Bonchev–Trinajstić information content (AvgIpc) is 2.86. The van der Waals surface area contributed by atoms with Gasteiger partial charge in [0, 0.05) is 16.5 Å². The highest BCUT2D eigenvalue weighted by atomic mass is 127. The summed E-state index contributed by atoms with van der Waals surface area (Å²) >= 11 is 2.07. The molecule has 0 aliphatic carbocycles. The highest BCUT2D eigenvalue weighted by molar-refractivity contribution is 14.1. The molecule has 3 N–H and O–H groups in total. The number of aromatic hydroxyl groups is 1. The zero-order valence-corrected chi connectivity index (χ0v) is 24.1. The molecule has 1 unspecified atom stereocenters. The van der Waals surface area contributed by atoms with Crippen LogP contribution in [0.15, 0.2) is 24.3 Å². The molecule has 0 aromatic heterocycles. The Labute approximate surface area is 230 Å². The Bertz CT molecular complexity index is 798. The van der Waals surface area contributed by atoms with Crippen LogP contribution in [0.2, 0.25) is 0 Å². The van der Waals surface area contributed by atoms with Gasteiger partial charge in [-0.1, -0.05) is 64.0 Å². The molecule has 1 atom stereocenters. The van der Waals surface area contributed by atoms with E-state index in [-0.39, 0.29) is 36.9 Å². The van der Waals surface area contributed by atoms with Gasteiger partial charge in [-0.25, -0.2) is 0 Å². The molecule has 0 spiro atoms. The summed E-state index contributed by atoms with van der Waals surface area (Å²) in [7, 11) is 1.46. The van der Waals surface area contributed by atoms with Crippen molar-refractivity contribution >= 4 is 34.5 Å². The van der Waals surface area contributed by atoms with Crippen molar-refractivity contribution in [2.45, 2.75) is 103 Å². The van der Waals surface area contributed by atoms with Crippen LogP contribution in [0.4, 0.5) is 0 Å². The maximum Gasteiger partial charge on any atom is 0.306 e. The summed E-state index contributed by atoms with van der Waals surface area (Å²) in [4.78, 5) is 23.9. The molecule has 0 bridgehead atoms. The van der Waals surface area contributed by atoms with Crippen molar-refractivity contribution in [3.8, 4) is 11.5 Å². The molecular formula is C28H44INO6. The van der Waals surface area contributed by atoms with Gasteiger partial charge >= 0.3 is 5.97 Å². The van der Waals surface area contributed by atoms with Gasteiger partial charge in [-0.05, 0) is 72.4 Å². The monoisotopic (exact) mass is 617 g/mol. The SMILES string of the molecule is CCCCCCC(O)C/C=C/CCCCCCCC(=O)OCC(=O)NCc1cc(OC)c(O)cc1I. The molecule has 0 saturated heterocycles. The Kier molecular flexibility index (Phi) is 18.1. The first-order valence-corrected chi connectivity index (χ1v) is 14.3. The number of phenols is 1. The number of nitrogens with one attached hydrogen (secondary N) is 1. The van der Waals surface area contributed by atoms with E-state index in [1.807, 2.05) is 0 Å². The molecule has 1 aromatic rings. The fraction of sp³-hybridized carbons (Fsp3) is 0.643. The number of halogens is 1. The van der Waals surface area contributed by atoms with Gasteiger partial charge in [0.1, 0.15) is 0 Å². The van der Waals surface area contributed by atoms with E-state index in [9.17, 15) is 19.8 Å². The topological polar surface area (TPSA) is 105 Å². The first kappa shape index (κ1) is 32.2. The van der Waals surface area contributed by atoms with E-state index in [2.05, 4.69) is 47.0 Å². The number of amides is 1. The van der Waals surface area contributed by atoms with E-state index in [1.54, 1.807) is 12.1 Å². The van der Waals surface area contributed by atoms with Crippen LogP contribution in [-0.2, 0) is 20.9 Å². The summed E-state index contributed by atoms with van der Waals surface area (Å²) in [6.07, 6.45) is 16.8. The molecule has 1 rings (SSSR count). The van der Waals surface area contributed by atoms with E-state index >= 15 is 0 Å². The number of carbonyl (C=O) groups excluding carboxylic acids is 2. The van der Waals surface area contributed by atoms with Crippen LogP contribution in [0.3, 0.4) is 0 Å². The van der Waals surface area contributed by atoms with Crippen molar-refractivity contribution in [1.82, 2.24) is 5.32 Å². The highest BCUT2D eigenvalue weighted by Crippen LogP contribution is 2.30. The summed E-state index contributed by atoms with van der Waals surface area (Å²) in [5.41, 5.74) is 0.802. The molecule has 0 heterocycles. The van der Waals surface area contributed by atoms with Crippen LogP contribution in [0, 0.1) is 3.57 Å². The number of benzene rings is 1. The van der Waals surface area contributed by atoms with Gasteiger partial charge < -0.3 is 25.0 Å². The Morgan fingerprint density at radius 1 is 1.06 bits per heavy atom. The molecule has 0 fully saturated rings. The maximum atomic E-state index is 12.0. The zero-order valence-electron chi connectivity index (χ0n) is 21.9. The number of methoxy groups -OCH3 is 1. The van der Waals surface area contributed by atoms with E-state index in [4.69, 9.17) is 9.47 Å². The van der Waals surface area contributed by atoms with Crippen LogP contribution in [-0.4, -0.2) is 41.9 Å². The van der Waals surface area contributed by atoms with Crippen molar-refractivity contribution < 1.29 is 29.3 Å². The predicted octanol–water partition coefficient (Wildman–Crippen LogP) is 6.17. The van der Waals surface area contributed by atoms with Crippen molar-refractivity contribution in [3.05, 3.63) is 33.4 Å². The summed E-state index contributed by atoms with van der Waals surface area (Å²) in [6, 6.07) is 3.24. The van der Waals surface area contributed by atoms with Gasteiger partial charge in [-0.15, -0.1) is 0 Å². The molecule has 0 saturated carbocycles. The van der Waals surface area contributed by atoms with Crippen molar-refractivity contribution in [3.63, 3.8) is 0 Å². The number of ether oxygens (including phenoxy) is 2. The number of aliphatic hydroxyl groups excluding tert-OH is 1. The lowest BCUT2D eigenvalue weighted by atomic mass is 10.1. The number of hydrogen-bond donors (Lipinski definition) is 3. The summed E-state index contributed by atoms with van der Waals surface area (Å²) < 4.78 is 11.0. The summed E-state index contributed by atoms with van der Waals surface area (Å²) in [6.45, 7) is 2.14. The van der Waals surface area contributed by atoms with Gasteiger partial charge in [0.25, 0.3) is 5.91 Å². The van der Waals surface area contributed by atoms with Gasteiger partial charge in [0.05, 0.1) is 13.2 Å². The second-order valence-electron chi connectivity index (χ2n) is 9.07. The largest absolute Gasteiger partial charge is 0.504 e. The number of unbranched alkanes of at least 4 members (excludes halogenated alkanes) is 8. The lowest BCUT2D eigenvalue weighted by Crippen LogP contribution is -2.28. The normalized spacial score (nSPS) is 12.0. The number of aliphatic hydroxyl groups is 1. The number of phenolic OH excluding ortho intramolecular Hbond substituents is 1. The molecule has 0 aliphatic rings. The van der Waals surface area contributed by atoms with Gasteiger partial charge in [-0.3, -0.25) is 9.59 Å². The Hall–Kier alpha value is -1.81. The molecule has 7 nitrogen and oxygen atoms in total. The lowest BCUT2D eigenvalue weighted by Gasteiger charge is -2.11. The number of hydrogen-bond acceptors (Lipinski definition) is 6. The molecule has 1 aromatic carbocycles. The quantitative estimate of drug-likeness (QED) is 0.0700. The first-order chi connectivity index (χ1) is 17.4. The van der Waals surface area contributed by atoms with Crippen molar-refractivity contribution in [1.29, 1.82) is 0 Å². The smallest absolute Gasteiger partial charge is 0.306 e. The van der Waals surface area contributed by atoms with E-state index in [0.29, 0.717) is 12.2 Å². The standard InChI is InChI=1S/C28H44INO6/c1-3-4-5-12-15-23(31)16-13-10-8-6-7-9-11-14-17-28(34)36-21-27(33)30-20-22-18-26(35-2)25(32)19-24(22)29/h10,13,18-19,23,31-32H,3-9,11-12,14-17,20-21H2,1-2H3,(H,30,33)/b13-10+. The van der Waals surface area contributed by atoms with Crippen LogP contribution < -0.4 is 10.1 Å². The van der Waals surface area contributed by atoms with Crippen LogP contribution in [0.5, 0.6) is 11.5 Å². The molecule has 36 heavy (non-hydrogen) atoms. The first-order valence-electron chi connectivity index (χ1n) is 13.2. The Morgan fingerprint density at radius 2 is 1.78 bits per heavy atom. The van der Waals surface area contributed by atoms with Crippen molar-refractivity contribution in [2.75, 3.05) is 13.7 Å².